The number of benzene rings is 3. The average molecular weight is 350 g/mol. The van der Waals surface area contributed by atoms with Gasteiger partial charge in [-0.15, -0.1) is 0 Å². The van der Waals surface area contributed by atoms with E-state index in [2.05, 4.69) is 6.07 Å². The highest BCUT2D eigenvalue weighted by Crippen LogP contribution is 2.28. The van der Waals surface area contributed by atoms with E-state index >= 15 is 0 Å². The fraction of sp³-hybridized carbons (Fsp3) is 0.0952. The van der Waals surface area contributed by atoms with Crippen molar-refractivity contribution in [2.24, 2.45) is 0 Å². The van der Waals surface area contributed by atoms with Crippen molar-refractivity contribution in [3.05, 3.63) is 83.1 Å². The van der Waals surface area contributed by atoms with E-state index in [4.69, 9.17) is 16.0 Å². The molecule has 0 unspecified atom stereocenters. The van der Waals surface area contributed by atoms with E-state index in [9.17, 15) is 4.79 Å². The predicted octanol–water partition coefficient (Wildman–Crippen LogP) is 5.51. The van der Waals surface area contributed by atoms with Gasteiger partial charge in [-0.25, -0.2) is 0 Å². The van der Waals surface area contributed by atoms with Gasteiger partial charge in [0.15, 0.2) is 5.76 Å². The third kappa shape index (κ3) is 2.99. The summed E-state index contributed by atoms with van der Waals surface area (Å²) in [5, 5.41) is 3.86. The highest BCUT2D eigenvalue weighted by atomic mass is 35.5. The molecule has 3 aromatic carbocycles. The van der Waals surface area contributed by atoms with Gasteiger partial charge < -0.3 is 9.32 Å². The standard InChI is InChI=1S/C21H16ClNO2/c1-23(13-14-6-9-16(22)10-7-14)21(24)20-12-18-17-5-3-2-4-15(17)8-11-19(18)25-20/h2-12H,13H2,1H3. The van der Waals surface area contributed by atoms with Crippen LogP contribution in [-0.4, -0.2) is 17.9 Å². The number of carbonyl (C=O) groups is 1. The van der Waals surface area contributed by atoms with Crippen LogP contribution in [0.1, 0.15) is 16.1 Å². The molecule has 25 heavy (non-hydrogen) atoms. The van der Waals surface area contributed by atoms with Gasteiger partial charge in [0.2, 0.25) is 0 Å². The minimum absolute atomic E-state index is 0.143. The number of fused-ring (bicyclic) bond motifs is 3. The molecule has 1 amide bonds. The van der Waals surface area contributed by atoms with Gasteiger partial charge in [0.25, 0.3) is 5.91 Å². The van der Waals surface area contributed by atoms with Crippen molar-refractivity contribution in [2.75, 3.05) is 7.05 Å². The number of nitrogens with zero attached hydrogens (tertiary/aromatic N) is 1. The number of furan rings is 1. The van der Waals surface area contributed by atoms with Crippen LogP contribution in [0.3, 0.4) is 0 Å². The second-order valence-electron chi connectivity index (χ2n) is 6.10. The van der Waals surface area contributed by atoms with Crippen LogP contribution >= 0.6 is 11.6 Å². The highest BCUT2D eigenvalue weighted by molar-refractivity contribution is 6.30. The summed E-state index contributed by atoms with van der Waals surface area (Å²) in [6, 6.07) is 21.3. The van der Waals surface area contributed by atoms with Gasteiger partial charge in [-0.2, -0.15) is 0 Å². The summed E-state index contributed by atoms with van der Waals surface area (Å²) < 4.78 is 5.80. The van der Waals surface area contributed by atoms with Gasteiger partial charge in [0.05, 0.1) is 0 Å². The van der Waals surface area contributed by atoms with Crippen LogP contribution < -0.4 is 0 Å². The fourth-order valence-electron chi connectivity index (χ4n) is 3.02. The SMILES string of the molecule is CN(Cc1ccc(Cl)cc1)C(=O)c1cc2c(ccc3ccccc32)o1. The Bertz CT molecular complexity index is 1070. The van der Waals surface area contributed by atoms with E-state index in [1.807, 2.05) is 60.7 Å². The van der Waals surface area contributed by atoms with E-state index in [1.54, 1.807) is 11.9 Å². The van der Waals surface area contributed by atoms with Crippen LogP contribution in [0, 0.1) is 0 Å². The number of hydrogen-bond donors (Lipinski definition) is 0. The lowest BCUT2D eigenvalue weighted by atomic mass is 10.1. The Hall–Kier alpha value is -2.78. The lowest BCUT2D eigenvalue weighted by molar-refractivity contribution is 0.0756. The van der Waals surface area contributed by atoms with Gasteiger partial charge in [0.1, 0.15) is 5.58 Å². The maximum absolute atomic E-state index is 12.7. The molecular formula is C21H16ClNO2. The van der Waals surface area contributed by atoms with Crippen LogP contribution in [0.4, 0.5) is 0 Å². The van der Waals surface area contributed by atoms with Crippen molar-refractivity contribution < 1.29 is 9.21 Å². The van der Waals surface area contributed by atoms with Crippen LogP contribution in [0.25, 0.3) is 21.7 Å². The minimum Gasteiger partial charge on any atom is -0.451 e. The summed E-state index contributed by atoms with van der Waals surface area (Å²) in [5.41, 5.74) is 1.74. The van der Waals surface area contributed by atoms with Gasteiger partial charge >= 0.3 is 0 Å². The summed E-state index contributed by atoms with van der Waals surface area (Å²) in [6.45, 7) is 0.494. The Morgan fingerprint density at radius 1 is 1.00 bits per heavy atom. The summed E-state index contributed by atoms with van der Waals surface area (Å²) in [5.74, 6) is 0.207. The first kappa shape index (κ1) is 15.7. The van der Waals surface area contributed by atoms with Crippen LogP contribution in [-0.2, 0) is 6.54 Å². The zero-order chi connectivity index (χ0) is 17.4. The third-order valence-corrected chi connectivity index (χ3v) is 4.57. The summed E-state index contributed by atoms with van der Waals surface area (Å²) >= 11 is 5.90. The zero-order valence-electron chi connectivity index (χ0n) is 13.7. The molecule has 0 bridgehead atoms. The Kier molecular flexibility index (Phi) is 3.94. The molecular weight excluding hydrogens is 334 g/mol. The molecule has 0 radical (unpaired) electrons. The smallest absolute Gasteiger partial charge is 0.289 e. The van der Waals surface area contributed by atoms with Crippen molar-refractivity contribution in [1.82, 2.24) is 4.90 Å². The highest BCUT2D eigenvalue weighted by Gasteiger charge is 2.18. The molecule has 4 rings (SSSR count). The lowest BCUT2D eigenvalue weighted by Gasteiger charge is -2.15. The predicted molar refractivity (Wildman–Crippen MR) is 101 cm³/mol. The van der Waals surface area contributed by atoms with Crippen LogP contribution in [0.2, 0.25) is 5.02 Å². The molecule has 0 N–H and O–H groups in total. The van der Waals surface area contributed by atoms with Crippen LogP contribution in [0.15, 0.2) is 71.1 Å². The molecule has 1 aromatic heterocycles. The fourth-order valence-corrected chi connectivity index (χ4v) is 3.15. The third-order valence-electron chi connectivity index (χ3n) is 4.32. The Balaban J connectivity index is 1.65. The second-order valence-corrected chi connectivity index (χ2v) is 6.53. The molecule has 0 spiro atoms. The van der Waals surface area contributed by atoms with E-state index in [1.165, 1.54) is 0 Å². The van der Waals surface area contributed by atoms with E-state index in [0.29, 0.717) is 17.3 Å². The van der Waals surface area contributed by atoms with Crippen LogP contribution in [0.5, 0.6) is 0 Å². The average Bonchev–Trinajstić information content (AvgIpc) is 3.07. The Morgan fingerprint density at radius 3 is 2.56 bits per heavy atom. The molecule has 0 aliphatic rings. The van der Waals surface area contributed by atoms with E-state index in [-0.39, 0.29) is 5.91 Å². The van der Waals surface area contributed by atoms with Crippen molar-refractivity contribution in [3.8, 4) is 0 Å². The molecule has 0 aliphatic heterocycles. The van der Waals surface area contributed by atoms with E-state index in [0.717, 1.165) is 27.3 Å². The van der Waals surface area contributed by atoms with Gasteiger partial charge in [-0.3, -0.25) is 4.79 Å². The Labute approximate surface area is 150 Å². The number of halogens is 1. The molecule has 1 heterocycles. The molecule has 0 atom stereocenters. The molecule has 124 valence electrons. The van der Waals surface area contributed by atoms with E-state index < -0.39 is 0 Å². The Morgan fingerprint density at radius 2 is 1.76 bits per heavy atom. The number of amides is 1. The minimum atomic E-state index is -0.143. The molecule has 0 aliphatic carbocycles. The quantitative estimate of drug-likeness (QED) is 0.488. The first-order chi connectivity index (χ1) is 12.1. The van der Waals surface area contributed by atoms with Crippen molar-refractivity contribution in [1.29, 1.82) is 0 Å². The monoisotopic (exact) mass is 349 g/mol. The summed E-state index contributed by atoms with van der Waals surface area (Å²) in [6.07, 6.45) is 0. The van der Waals surface area contributed by atoms with Gasteiger partial charge in [-0.1, -0.05) is 54.1 Å². The second kappa shape index (κ2) is 6.26. The van der Waals surface area contributed by atoms with Crippen molar-refractivity contribution in [2.45, 2.75) is 6.54 Å². The lowest BCUT2D eigenvalue weighted by Crippen LogP contribution is -2.25. The molecule has 0 fully saturated rings. The molecule has 4 heteroatoms. The topological polar surface area (TPSA) is 33.5 Å². The molecule has 0 saturated heterocycles. The largest absolute Gasteiger partial charge is 0.451 e. The maximum Gasteiger partial charge on any atom is 0.289 e. The normalized spacial score (nSPS) is 11.1. The first-order valence-electron chi connectivity index (χ1n) is 8.03. The number of carbonyl (C=O) groups excluding carboxylic acids is 1. The number of rotatable bonds is 3. The molecule has 0 saturated carbocycles. The van der Waals surface area contributed by atoms with Crippen molar-refractivity contribution in [3.63, 3.8) is 0 Å². The summed E-state index contributed by atoms with van der Waals surface area (Å²) in [7, 11) is 1.77. The number of hydrogen-bond acceptors (Lipinski definition) is 2. The zero-order valence-corrected chi connectivity index (χ0v) is 14.5. The van der Waals surface area contributed by atoms with Gasteiger partial charge in [0, 0.05) is 24.0 Å². The molecule has 4 aromatic rings. The summed E-state index contributed by atoms with van der Waals surface area (Å²) in [4.78, 5) is 14.4. The van der Waals surface area contributed by atoms with Gasteiger partial charge in [-0.05, 0) is 40.6 Å². The first-order valence-corrected chi connectivity index (χ1v) is 8.41. The molecule has 3 nitrogen and oxygen atoms in total. The maximum atomic E-state index is 12.7. The van der Waals surface area contributed by atoms with Crippen molar-refractivity contribution >= 4 is 39.2 Å².